The van der Waals surface area contributed by atoms with Crippen LogP contribution >= 0.6 is 11.9 Å². The predicted octanol–water partition coefficient (Wildman–Crippen LogP) is 2.93. The number of aromatic nitrogens is 1. The molecular weight excluding hydrogens is 468 g/mol. The third-order valence-corrected chi connectivity index (χ3v) is 5.82. The molecule has 3 N–H and O–H groups in total. The van der Waals surface area contributed by atoms with Crippen LogP contribution < -0.4 is 20.1 Å². The van der Waals surface area contributed by atoms with E-state index in [1.807, 2.05) is 0 Å². The first-order valence-corrected chi connectivity index (χ1v) is 10.6. The summed E-state index contributed by atoms with van der Waals surface area (Å²) in [6.07, 6.45) is 1.31. The van der Waals surface area contributed by atoms with Crippen LogP contribution in [0.4, 0.5) is 28.9 Å². The molecule has 1 amide bonds. The van der Waals surface area contributed by atoms with Crippen LogP contribution in [0.1, 0.15) is 6.42 Å². The van der Waals surface area contributed by atoms with Gasteiger partial charge in [0.2, 0.25) is 11.7 Å². The monoisotopic (exact) mass is 488 g/mol. The van der Waals surface area contributed by atoms with Crippen LogP contribution in [0.3, 0.4) is 0 Å². The van der Waals surface area contributed by atoms with E-state index in [0.717, 1.165) is 25.1 Å². The largest absolute Gasteiger partial charge is 0.491 e. The Kier molecular flexibility index (Phi) is 6.40. The molecule has 33 heavy (non-hydrogen) atoms. The second kappa shape index (κ2) is 8.97. The number of rotatable bonds is 5. The number of carbonyl (C=O) groups is 1. The number of carbonyl (C=O) groups excluding carboxylic acids is 1. The molecule has 1 aromatic heterocycles. The summed E-state index contributed by atoms with van der Waals surface area (Å²) in [6, 6.07) is 4.17. The summed E-state index contributed by atoms with van der Waals surface area (Å²) < 4.78 is 71.2. The Morgan fingerprint density at radius 1 is 1.30 bits per heavy atom. The number of hydrogen-bond donors (Lipinski definition) is 2. The highest BCUT2D eigenvalue weighted by atomic mass is 32.2. The molecule has 2 fully saturated rings. The Morgan fingerprint density at radius 3 is 2.70 bits per heavy atom. The Morgan fingerprint density at radius 2 is 2.03 bits per heavy atom. The second-order valence-electron chi connectivity index (χ2n) is 7.60. The second-order valence-corrected chi connectivity index (χ2v) is 8.25. The lowest BCUT2D eigenvalue weighted by Crippen LogP contribution is -2.51. The number of nitrogens with two attached hydrogens (primary N) is 1. The van der Waals surface area contributed by atoms with Crippen molar-refractivity contribution in [2.45, 2.75) is 29.2 Å². The smallest absolute Gasteiger partial charge is 0.293 e. The van der Waals surface area contributed by atoms with E-state index in [1.165, 1.54) is 17.2 Å². The summed E-state index contributed by atoms with van der Waals surface area (Å²) in [5.41, 5.74) is 0.434. The first kappa shape index (κ1) is 23.5. The molecule has 8 nitrogen and oxygen atoms in total. The molecule has 0 radical (unpaired) electrons. The van der Waals surface area contributed by atoms with Crippen LogP contribution in [0.2, 0.25) is 0 Å². The number of alkyl halides is 2. The van der Waals surface area contributed by atoms with Crippen LogP contribution in [0, 0.1) is 11.6 Å². The average molecular weight is 488 g/mol. The van der Waals surface area contributed by atoms with Gasteiger partial charge in [-0.2, -0.15) is 4.39 Å². The van der Waals surface area contributed by atoms with Crippen LogP contribution in [0.5, 0.6) is 5.75 Å². The Balaban J connectivity index is 1.67. The number of benzene rings is 1. The molecule has 0 aliphatic carbocycles. The van der Waals surface area contributed by atoms with Gasteiger partial charge in [0.1, 0.15) is 24.3 Å². The zero-order valence-corrected chi connectivity index (χ0v) is 18.1. The van der Waals surface area contributed by atoms with Crippen molar-refractivity contribution in [3.05, 3.63) is 42.1 Å². The standard InChI is InChI=1S/C20H20F4N4O4S/c1-30-17-13(3-2-12(21)16(17)22)28-8-20(31-9-19(23,24)10-32-20)7-14(28)18(29)27-11-4-5-26-15(6-11)33-25/h2-6,14H,7-10,25H2,1H3,(H,26,27,29). The minimum Gasteiger partial charge on any atom is -0.491 e. The molecule has 0 bridgehead atoms. The summed E-state index contributed by atoms with van der Waals surface area (Å²) in [5, 5.41) is 8.66. The van der Waals surface area contributed by atoms with Crippen molar-refractivity contribution in [3.63, 3.8) is 0 Å². The lowest BCUT2D eigenvalue weighted by molar-refractivity contribution is -0.319. The maximum absolute atomic E-state index is 14.4. The number of ether oxygens (including phenoxy) is 3. The molecule has 2 aliphatic heterocycles. The van der Waals surface area contributed by atoms with Crippen LogP contribution in [0.25, 0.3) is 0 Å². The molecule has 2 aromatic rings. The number of methoxy groups -OCH3 is 1. The summed E-state index contributed by atoms with van der Waals surface area (Å²) in [4.78, 5) is 18.6. The minimum absolute atomic E-state index is 0.0471. The number of nitrogens with zero attached hydrogens (tertiary/aromatic N) is 2. The summed E-state index contributed by atoms with van der Waals surface area (Å²) >= 11 is 0.887. The minimum atomic E-state index is -3.18. The van der Waals surface area contributed by atoms with E-state index in [9.17, 15) is 22.4 Å². The fraction of sp³-hybridized carbons (Fsp3) is 0.400. The summed E-state index contributed by atoms with van der Waals surface area (Å²) in [6.45, 7) is -1.99. The van der Waals surface area contributed by atoms with Crippen LogP contribution in [-0.2, 0) is 14.3 Å². The van der Waals surface area contributed by atoms with Gasteiger partial charge in [-0.15, -0.1) is 0 Å². The van der Waals surface area contributed by atoms with Crippen molar-refractivity contribution < 1.29 is 36.6 Å². The van der Waals surface area contributed by atoms with E-state index in [1.54, 1.807) is 12.1 Å². The highest BCUT2D eigenvalue weighted by molar-refractivity contribution is 7.97. The lowest BCUT2D eigenvalue weighted by atomic mass is 10.1. The van der Waals surface area contributed by atoms with Crippen molar-refractivity contribution in [1.82, 2.24) is 4.98 Å². The summed E-state index contributed by atoms with van der Waals surface area (Å²) in [7, 11) is 1.15. The molecule has 1 aromatic carbocycles. The third-order valence-electron chi connectivity index (χ3n) is 5.35. The van der Waals surface area contributed by atoms with Gasteiger partial charge in [-0.25, -0.2) is 18.2 Å². The fourth-order valence-electron chi connectivity index (χ4n) is 3.81. The quantitative estimate of drug-likeness (QED) is 0.490. The van der Waals surface area contributed by atoms with E-state index >= 15 is 0 Å². The molecule has 4 rings (SSSR count). The normalized spacial score (nSPS) is 21.3. The SMILES string of the molecule is COc1c(N2CC3(CC2C(=O)Nc2ccnc(SN)c2)OCC(F)(F)CO3)ccc(F)c1F. The van der Waals surface area contributed by atoms with Gasteiger partial charge in [0.15, 0.2) is 17.4 Å². The number of amides is 1. The zero-order valence-electron chi connectivity index (χ0n) is 17.3. The molecule has 2 saturated heterocycles. The maximum atomic E-state index is 14.4. The van der Waals surface area contributed by atoms with Gasteiger partial charge < -0.3 is 24.4 Å². The molecule has 0 saturated carbocycles. The molecule has 13 heteroatoms. The topological polar surface area (TPSA) is 98.9 Å². The highest BCUT2D eigenvalue weighted by Gasteiger charge is 2.54. The van der Waals surface area contributed by atoms with Crippen molar-refractivity contribution in [2.24, 2.45) is 5.14 Å². The molecule has 1 spiro atoms. The first-order valence-electron chi connectivity index (χ1n) is 9.75. The van der Waals surface area contributed by atoms with E-state index in [0.29, 0.717) is 10.7 Å². The molecule has 178 valence electrons. The zero-order chi connectivity index (χ0) is 23.8. The van der Waals surface area contributed by atoms with Gasteiger partial charge in [-0.05, 0) is 36.2 Å². The summed E-state index contributed by atoms with van der Waals surface area (Å²) in [5.74, 6) is -8.09. The van der Waals surface area contributed by atoms with Crippen molar-refractivity contribution >= 4 is 29.2 Å². The van der Waals surface area contributed by atoms with Gasteiger partial charge in [0.25, 0.3) is 5.92 Å². The molecule has 3 heterocycles. The van der Waals surface area contributed by atoms with Gasteiger partial charge in [-0.1, -0.05) is 0 Å². The molecule has 1 atom stereocenters. The molecular formula is C20H20F4N4O4S. The highest BCUT2D eigenvalue weighted by Crippen LogP contribution is 2.43. The van der Waals surface area contributed by atoms with Gasteiger partial charge in [-0.3, -0.25) is 9.93 Å². The Bertz CT molecular complexity index is 1050. The van der Waals surface area contributed by atoms with Crippen molar-refractivity contribution in [1.29, 1.82) is 0 Å². The van der Waals surface area contributed by atoms with Crippen LogP contribution in [0.15, 0.2) is 35.5 Å². The Hall–Kier alpha value is -2.61. The Labute approximate surface area is 190 Å². The fourth-order valence-corrected chi connectivity index (χ4v) is 4.13. The predicted molar refractivity (Wildman–Crippen MR) is 111 cm³/mol. The number of pyridine rings is 1. The van der Waals surface area contributed by atoms with Crippen molar-refractivity contribution in [2.75, 3.05) is 37.1 Å². The van der Waals surface area contributed by atoms with E-state index < -0.39 is 54.3 Å². The van der Waals surface area contributed by atoms with Gasteiger partial charge >= 0.3 is 0 Å². The van der Waals surface area contributed by atoms with Gasteiger partial charge in [0.05, 0.1) is 19.3 Å². The molecule has 2 aliphatic rings. The third kappa shape index (κ3) is 4.71. The maximum Gasteiger partial charge on any atom is 0.293 e. The number of halogens is 4. The number of hydrogen-bond acceptors (Lipinski definition) is 8. The lowest BCUT2D eigenvalue weighted by Gasteiger charge is -2.37. The van der Waals surface area contributed by atoms with E-state index in [4.69, 9.17) is 19.3 Å². The van der Waals surface area contributed by atoms with Crippen molar-refractivity contribution in [3.8, 4) is 5.75 Å². The van der Waals surface area contributed by atoms with E-state index in [-0.39, 0.29) is 18.7 Å². The molecule has 1 unspecified atom stereocenters. The average Bonchev–Trinajstić information content (AvgIpc) is 3.17. The first-order chi connectivity index (χ1) is 15.7. The number of nitrogens with one attached hydrogen (secondary N) is 1. The van der Waals surface area contributed by atoms with E-state index in [2.05, 4.69) is 10.3 Å². The number of anilines is 2. The van der Waals surface area contributed by atoms with Gasteiger partial charge in [0, 0.05) is 18.3 Å². The van der Waals surface area contributed by atoms with Crippen LogP contribution in [-0.4, -0.2) is 55.5 Å².